The van der Waals surface area contributed by atoms with E-state index in [1.54, 1.807) is 0 Å². The third kappa shape index (κ3) is 4.38. The second-order valence-corrected chi connectivity index (χ2v) is 3.13. The molecule has 11 heavy (non-hydrogen) atoms. The van der Waals surface area contributed by atoms with Crippen LogP contribution in [0.1, 0.15) is 27.7 Å². The van der Waals surface area contributed by atoms with Crippen molar-refractivity contribution in [2.75, 3.05) is 13.1 Å². The molecule has 1 aliphatic heterocycles. The van der Waals surface area contributed by atoms with Crippen LogP contribution >= 0.6 is 0 Å². The summed E-state index contributed by atoms with van der Waals surface area (Å²) in [6.07, 6.45) is 0. The lowest BCUT2D eigenvalue weighted by Crippen LogP contribution is -3.11. The minimum atomic E-state index is 0.640. The van der Waals surface area contributed by atoms with Crippen molar-refractivity contribution in [3.8, 4) is 0 Å². The maximum atomic E-state index is 3.98. The standard InChI is InChI=1S/C7H16N2.C2H6/c1-6-4-9(3)5-7(2)8-6;1-2/h6-9H,3-5H2,1-2H3;1-2H3. The number of piperazine rings is 1. The average Bonchev–Trinajstić information content (AvgIpc) is 1.88. The van der Waals surface area contributed by atoms with Crippen LogP contribution in [0.15, 0.2) is 0 Å². The molecule has 0 aliphatic carbocycles. The monoisotopic (exact) mass is 158 g/mol. The Morgan fingerprint density at radius 3 is 1.82 bits per heavy atom. The van der Waals surface area contributed by atoms with Gasteiger partial charge in [-0.1, -0.05) is 13.8 Å². The Hall–Kier alpha value is -0.0800. The van der Waals surface area contributed by atoms with Gasteiger partial charge in [-0.25, -0.2) is 0 Å². The van der Waals surface area contributed by atoms with Crippen LogP contribution in [0.4, 0.5) is 0 Å². The summed E-state index contributed by atoms with van der Waals surface area (Å²) in [5.41, 5.74) is 0. The normalized spacial score (nSPS) is 37.4. The highest BCUT2D eigenvalue weighted by atomic mass is 15.2. The van der Waals surface area contributed by atoms with Gasteiger partial charge in [-0.15, -0.1) is 0 Å². The van der Waals surface area contributed by atoms with E-state index in [1.807, 2.05) is 13.8 Å². The SMILES string of the molecule is CC.[CH2-][NH+]1CC(C)NC(C)C1. The van der Waals surface area contributed by atoms with Gasteiger partial charge in [-0.3, -0.25) is 0 Å². The fourth-order valence-corrected chi connectivity index (χ4v) is 1.55. The Balaban J connectivity index is 0.000000461. The van der Waals surface area contributed by atoms with Crippen molar-refractivity contribution in [1.82, 2.24) is 5.32 Å². The third-order valence-electron chi connectivity index (χ3n) is 1.76. The van der Waals surface area contributed by atoms with Crippen LogP contribution in [0.3, 0.4) is 0 Å². The summed E-state index contributed by atoms with van der Waals surface area (Å²) in [4.78, 5) is 1.40. The van der Waals surface area contributed by atoms with E-state index in [1.165, 1.54) is 4.90 Å². The summed E-state index contributed by atoms with van der Waals surface area (Å²) >= 11 is 0. The Labute approximate surface area is 71.0 Å². The summed E-state index contributed by atoms with van der Waals surface area (Å²) in [6.45, 7) is 10.7. The summed E-state index contributed by atoms with van der Waals surface area (Å²) in [5, 5.41) is 3.45. The van der Waals surface area contributed by atoms with Crippen molar-refractivity contribution in [3.05, 3.63) is 7.05 Å². The van der Waals surface area contributed by atoms with Gasteiger partial charge < -0.3 is 10.2 Å². The van der Waals surface area contributed by atoms with E-state index in [9.17, 15) is 0 Å². The van der Waals surface area contributed by atoms with Crippen LogP contribution in [-0.4, -0.2) is 25.2 Å². The lowest BCUT2D eigenvalue weighted by molar-refractivity contribution is -0.861. The Morgan fingerprint density at radius 2 is 1.55 bits per heavy atom. The molecule has 1 heterocycles. The molecule has 0 aromatic heterocycles. The first-order chi connectivity index (χ1) is 5.18. The summed E-state index contributed by atoms with van der Waals surface area (Å²) in [6, 6.07) is 1.28. The van der Waals surface area contributed by atoms with Crippen molar-refractivity contribution in [2.24, 2.45) is 0 Å². The zero-order valence-corrected chi connectivity index (χ0v) is 8.28. The van der Waals surface area contributed by atoms with Gasteiger partial charge in [0.1, 0.15) is 0 Å². The molecule has 0 aromatic carbocycles. The van der Waals surface area contributed by atoms with E-state index in [0.717, 1.165) is 13.1 Å². The molecule has 0 radical (unpaired) electrons. The first-order valence-corrected chi connectivity index (χ1v) is 4.61. The predicted octanol–water partition coefficient (Wildman–Crippen LogP) is 0.0693. The Morgan fingerprint density at radius 1 is 1.18 bits per heavy atom. The van der Waals surface area contributed by atoms with Gasteiger partial charge >= 0.3 is 0 Å². The van der Waals surface area contributed by atoms with E-state index >= 15 is 0 Å². The molecule has 0 spiro atoms. The first kappa shape index (κ1) is 10.9. The summed E-state index contributed by atoms with van der Waals surface area (Å²) in [5.74, 6) is 0. The van der Waals surface area contributed by atoms with Crippen LogP contribution in [0.5, 0.6) is 0 Å². The number of nitrogens with one attached hydrogen (secondary N) is 2. The molecule has 1 fully saturated rings. The molecule has 2 nitrogen and oxygen atoms in total. The van der Waals surface area contributed by atoms with Crippen LogP contribution in [0.2, 0.25) is 0 Å². The zero-order valence-electron chi connectivity index (χ0n) is 8.28. The van der Waals surface area contributed by atoms with Crippen molar-refractivity contribution in [2.45, 2.75) is 39.8 Å². The molecule has 1 saturated heterocycles. The lowest BCUT2D eigenvalue weighted by atomic mass is 10.2. The third-order valence-corrected chi connectivity index (χ3v) is 1.76. The van der Waals surface area contributed by atoms with E-state index in [-0.39, 0.29) is 0 Å². The van der Waals surface area contributed by atoms with Gasteiger partial charge in [-0.2, -0.15) is 7.05 Å². The Kier molecular flexibility index (Phi) is 5.51. The summed E-state index contributed by atoms with van der Waals surface area (Å²) < 4.78 is 0. The highest BCUT2D eigenvalue weighted by Crippen LogP contribution is 1.86. The van der Waals surface area contributed by atoms with Crippen molar-refractivity contribution in [1.29, 1.82) is 0 Å². The van der Waals surface area contributed by atoms with Gasteiger partial charge in [0.25, 0.3) is 0 Å². The van der Waals surface area contributed by atoms with Gasteiger partial charge in [0.15, 0.2) is 0 Å². The number of rotatable bonds is 0. The molecule has 0 aromatic rings. The first-order valence-electron chi connectivity index (χ1n) is 4.61. The minimum Gasteiger partial charge on any atom is -0.465 e. The van der Waals surface area contributed by atoms with Crippen LogP contribution in [-0.2, 0) is 0 Å². The quantitative estimate of drug-likeness (QED) is 0.477. The van der Waals surface area contributed by atoms with Gasteiger partial charge in [-0.05, 0) is 13.8 Å². The fourth-order valence-electron chi connectivity index (χ4n) is 1.55. The zero-order chi connectivity index (χ0) is 8.85. The van der Waals surface area contributed by atoms with Crippen molar-refractivity contribution in [3.63, 3.8) is 0 Å². The molecule has 0 saturated carbocycles. The fraction of sp³-hybridized carbons (Fsp3) is 0.889. The molecule has 2 unspecified atom stereocenters. The smallest absolute Gasteiger partial charge is 0.0684 e. The summed E-state index contributed by atoms with van der Waals surface area (Å²) in [7, 11) is 3.98. The van der Waals surface area contributed by atoms with Crippen LogP contribution in [0.25, 0.3) is 0 Å². The topological polar surface area (TPSA) is 16.5 Å². The molecule has 0 bridgehead atoms. The average molecular weight is 158 g/mol. The number of quaternary nitrogens is 1. The lowest BCUT2D eigenvalue weighted by Gasteiger charge is -2.35. The number of hydrogen-bond acceptors (Lipinski definition) is 1. The molecule has 1 aliphatic rings. The van der Waals surface area contributed by atoms with Crippen LogP contribution in [0, 0.1) is 7.05 Å². The van der Waals surface area contributed by atoms with E-state index in [4.69, 9.17) is 0 Å². The van der Waals surface area contributed by atoms with Crippen molar-refractivity contribution < 1.29 is 4.90 Å². The minimum absolute atomic E-state index is 0.640. The van der Waals surface area contributed by atoms with Crippen molar-refractivity contribution >= 4 is 0 Å². The van der Waals surface area contributed by atoms with Crippen LogP contribution < -0.4 is 10.2 Å². The second kappa shape index (κ2) is 5.56. The highest BCUT2D eigenvalue weighted by molar-refractivity contribution is 4.69. The van der Waals surface area contributed by atoms with Gasteiger partial charge in [0, 0.05) is 0 Å². The van der Waals surface area contributed by atoms with E-state index in [2.05, 4.69) is 26.2 Å². The molecule has 2 atom stereocenters. The number of hydrogen-bond donors (Lipinski definition) is 2. The molecular weight excluding hydrogens is 136 g/mol. The molecule has 2 N–H and O–H groups in total. The van der Waals surface area contributed by atoms with Gasteiger partial charge in [0.05, 0.1) is 25.2 Å². The molecule has 0 amide bonds. The predicted molar refractivity (Wildman–Crippen MR) is 49.5 cm³/mol. The Bertz CT molecular complexity index is 68.5. The molecule has 1 rings (SSSR count). The van der Waals surface area contributed by atoms with Gasteiger partial charge in [0.2, 0.25) is 0 Å². The highest BCUT2D eigenvalue weighted by Gasteiger charge is 2.17. The largest absolute Gasteiger partial charge is 0.465 e. The molecule has 68 valence electrons. The van der Waals surface area contributed by atoms with E-state index in [0.29, 0.717) is 12.1 Å². The maximum absolute atomic E-state index is 3.98. The molecule has 2 heteroatoms. The maximum Gasteiger partial charge on any atom is 0.0684 e. The second-order valence-electron chi connectivity index (χ2n) is 3.13. The molecular formula is C9H22N2. The van der Waals surface area contributed by atoms with E-state index < -0.39 is 0 Å².